The molecule has 0 amide bonds. The summed E-state index contributed by atoms with van der Waals surface area (Å²) < 4.78 is 19.3. The van der Waals surface area contributed by atoms with Crippen LogP contribution in [-0.4, -0.2) is 24.5 Å². The van der Waals surface area contributed by atoms with Crippen molar-refractivity contribution in [1.82, 2.24) is 0 Å². The van der Waals surface area contributed by atoms with E-state index < -0.39 is 13.8 Å². The molecule has 0 saturated heterocycles. The van der Waals surface area contributed by atoms with Crippen molar-refractivity contribution in [1.29, 1.82) is 0 Å². The van der Waals surface area contributed by atoms with Crippen molar-refractivity contribution < 1.29 is 43.8 Å². The van der Waals surface area contributed by atoms with Gasteiger partial charge in [0.15, 0.2) is 0 Å². The summed E-state index contributed by atoms with van der Waals surface area (Å²) in [4.78, 5) is 9.86. The summed E-state index contributed by atoms with van der Waals surface area (Å²) in [6, 6.07) is 0. The fourth-order valence-corrected chi connectivity index (χ4v) is 1.05. The van der Waals surface area contributed by atoms with Crippen LogP contribution in [0, 0.1) is 0 Å². The Bertz CT molecular complexity index is 167. The third-order valence-corrected chi connectivity index (χ3v) is 2.65. The van der Waals surface area contributed by atoms with Gasteiger partial charge in [-0.1, -0.05) is 6.92 Å². The van der Waals surface area contributed by atoms with Crippen LogP contribution in [0.25, 0.3) is 0 Å². The van der Waals surface area contributed by atoms with E-state index in [1.54, 1.807) is 0 Å². The largest absolute Gasteiger partial charge is 1.00 e. The van der Waals surface area contributed by atoms with Gasteiger partial charge < -0.3 is 15.6 Å². The topological polar surface area (TPSA) is 72.8 Å². The average Bonchev–Trinajstić information content (AvgIpc) is 1.87. The third-order valence-electron chi connectivity index (χ3n) is 0.883. The molecule has 0 aromatic carbocycles. The van der Waals surface area contributed by atoms with Gasteiger partial charge in [-0.2, -0.15) is 0 Å². The molecule has 0 aromatic heterocycles. The van der Waals surface area contributed by atoms with E-state index in [1.165, 1.54) is 6.92 Å². The van der Waals surface area contributed by atoms with Crippen molar-refractivity contribution in [2.24, 2.45) is 0 Å². The second-order valence-corrected chi connectivity index (χ2v) is 3.87. The van der Waals surface area contributed by atoms with Crippen LogP contribution in [0.5, 0.6) is 0 Å². The van der Waals surface area contributed by atoms with Crippen LogP contribution >= 0.6 is 7.60 Å². The summed E-state index contributed by atoms with van der Waals surface area (Å²) in [5, 5.41) is 8.04. The zero-order valence-corrected chi connectivity index (χ0v) is 7.63. The number of hydrogen-bond donors (Lipinski definition) is 1. The molecule has 0 aliphatic rings. The Morgan fingerprint density at radius 2 is 2.18 bits per heavy atom. The first kappa shape index (κ1) is 13.6. The fraction of sp³-hybridized carbons (Fsp3) is 0.750. The van der Waals surface area contributed by atoms with Gasteiger partial charge in [-0.3, -0.25) is 0 Å². The molecule has 5 nitrogen and oxygen atoms in total. The molecular weight excluding hydrogens is 166 g/mol. The van der Waals surface area contributed by atoms with Crippen LogP contribution in [0.1, 0.15) is 8.35 Å². The molecule has 0 heterocycles. The molecule has 0 radical (unpaired) electrons. The summed E-state index contributed by atoms with van der Waals surface area (Å²) >= 11 is 0. The van der Waals surface area contributed by atoms with E-state index in [9.17, 15) is 9.36 Å². The van der Waals surface area contributed by atoms with Crippen molar-refractivity contribution in [2.75, 3.05) is 13.3 Å². The summed E-state index contributed by atoms with van der Waals surface area (Å²) in [5.74, 6) is 0. The van der Waals surface area contributed by atoms with Gasteiger partial charge in [-0.15, -0.1) is 0 Å². The third kappa shape index (κ3) is 5.34. The predicted molar refractivity (Wildman–Crippen MR) is 35.4 cm³/mol. The van der Waals surface area contributed by atoms with Gasteiger partial charge in [0.05, 0.1) is 6.16 Å². The van der Waals surface area contributed by atoms with Crippen molar-refractivity contribution in [3.8, 4) is 0 Å². The van der Waals surface area contributed by atoms with Gasteiger partial charge in [-0.05, 0) is 0 Å². The minimum Gasteiger partial charge on any atom is -1.00 e. The Labute approximate surface area is 78.3 Å². The van der Waals surface area contributed by atoms with Crippen LogP contribution in [-0.2, 0) is 13.6 Å². The van der Waals surface area contributed by atoms with Crippen molar-refractivity contribution in [2.45, 2.75) is 6.92 Å². The number of carboxylic acid groups (broad SMARTS) is 1. The zero-order valence-electron chi connectivity index (χ0n) is 7.73. The van der Waals surface area contributed by atoms with Crippen molar-refractivity contribution >= 4 is 13.8 Å². The molecule has 0 rings (SSSR count). The summed E-state index contributed by atoms with van der Waals surface area (Å²) in [5.41, 5.74) is 0. The van der Waals surface area contributed by atoms with Crippen LogP contribution < -0.4 is 18.9 Å². The minimum atomic E-state index is -3.34. The number of carbonyl (C=O) groups is 1. The predicted octanol–water partition coefficient (Wildman–Crippen LogP) is -1.34. The number of rotatable bonds is 3. The van der Waals surface area contributed by atoms with E-state index >= 15 is 0 Å². The average molecular weight is 176 g/mol. The molecule has 11 heavy (non-hydrogen) atoms. The van der Waals surface area contributed by atoms with Crippen LogP contribution in [0.15, 0.2) is 0 Å². The Balaban J connectivity index is -0.000000405. The molecule has 0 bridgehead atoms. The second-order valence-electron chi connectivity index (χ2n) is 1.47. The van der Waals surface area contributed by atoms with Gasteiger partial charge in [0.2, 0.25) is 0 Å². The molecule has 0 aromatic rings. The molecule has 1 atom stereocenters. The first-order valence-corrected chi connectivity index (χ1v) is 4.34. The Morgan fingerprint density at radius 3 is 2.27 bits per heavy atom. The molecule has 0 saturated carbocycles. The normalized spacial score (nSPS) is 14.4. The fourth-order valence-electron chi connectivity index (χ4n) is 0.350. The zero-order chi connectivity index (χ0) is 8.20. The minimum absolute atomic E-state index is 0. The van der Waals surface area contributed by atoms with E-state index in [-0.39, 0.29) is 26.4 Å². The Hall–Kier alpha value is 0.0574. The Morgan fingerprint density at radius 1 is 1.73 bits per heavy atom. The first-order valence-electron chi connectivity index (χ1n) is 2.61. The smallest absolute Gasteiger partial charge is 1.00 e. The molecular formula is C4H10LiO5P. The second kappa shape index (κ2) is 5.68. The monoisotopic (exact) mass is 176 g/mol. The van der Waals surface area contributed by atoms with Gasteiger partial charge in [0.25, 0.3) is 0 Å². The first-order chi connectivity index (χ1) is 4.54. The molecule has 7 heteroatoms. The standard InChI is InChI=1S/C4H9O5P.Li.H/c1-3-10(7,8-2)9-4(5)6;;/h3H2,1-2H3,(H,5,6);;/q;+1;-1. The van der Waals surface area contributed by atoms with E-state index in [0.717, 1.165) is 7.11 Å². The van der Waals surface area contributed by atoms with Crippen LogP contribution in [0.3, 0.4) is 0 Å². The SMILES string of the molecule is CCP(=O)(OC)OC(=O)O.[H-].[Li+]. The summed E-state index contributed by atoms with van der Waals surface area (Å²) in [6.45, 7) is 1.52. The maximum Gasteiger partial charge on any atom is 1.00 e. The molecule has 1 unspecified atom stereocenters. The molecule has 0 fully saturated rings. The van der Waals surface area contributed by atoms with Crippen molar-refractivity contribution in [3.63, 3.8) is 0 Å². The molecule has 0 aliphatic heterocycles. The van der Waals surface area contributed by atoms with E-state index in [2.05, 4.69) is 9.05 Å². The van der Waals surface area contributed by atoms with Gasteiger partial charge in [0, 0.05) is 7.11 Å². The Kier molecular flexibility index (Phi) is 7.03. The van der Waals surface area contributed by atoms with Gasteiger partial charge >= 0.3 is 32.6 Å². The van der Waals surface area contributed by atoms with Gasteiger partial charge in [0.1, 0.15) is 0 Å². The maximum atomic E-state index is 10.9. The molecule has 0 aliphatic carbocycles. The molecule has 62 valence electrons. The summed E-state index contributed by atoms with van der Waals surface area (Å²) in [6.07, 6.45) is -1.53. The number of hydrogen-bond acceptors (Lipinski definition) is 4. The summed E-state index contributed by atoms with van der Waals surface area (Å²) in [7, 11) is -2.19. The van der Waals surface area contributed by atoms with Crippen molar-refractivity contribution in [3.05, 3.63) is 0 Å². The molecule has 0 spiro atoms. The maximum absolute atomic E-state index is 10.9. The van der Waals surface area contributed by atoms with Crippen LogP contribution in [0.2, 0.25) is 0 Å². The van der Waals surface area contributed by atoms with E-state index in [1.807, 2.05) is 0 Å². The molecule has 1 N–H and O–H groups in total. The van der Waals surface area contributed by atoms with Crippen LogP contribution in [0.4, 0.5) is 4.79 Å². The quantitative estimate of drug-likeness (QED) is 0.425. The van der Waals surface area contributed by atoms with Gasteiger partial charge in [-0.25, -0.2) is 9.36 Å². The van der Waals surface area contributed by atoms with E-state index in [0.29, 0.717) is 0 Å². The van der Waals surface area contributed by atoms with E-state index in [4.69, 9.17) is 5.11 Å².